The Morgan fingerprint density at radius 3 is 1.73 bits per heavy atom. The third-order valence-electron chi connectivity index (χ3n) is 2.31. The first-order valence-corrected chi connectivity index (χ1v) is 10.8. The van der Waals surface area contributed by atoms with Crippen molar-refractivity contribution in [3.8, 4) is 0 Å². The Kier molecular flexibility index (Phi) is 10.3. The van der Waals surface area contributed by atoms with E-state index in [0.717, 1.165) is 11.9 Å². The van der Waals surface area contributed by atoms with Gasteiger partial charge in [0.25, 0.3) is 0 Å². The van der Waals surface area contributed by atoms with Crippen LogP contribution < -0.4 is 0 Å². The molecule has 0 radical (unpaired) electrons. The SMILES string of the molecule is C[Si](C)(C)OCCCCCCCCCBr. The first-order valence-electron chi connectivity index (χ1n) is 6.26. The summed E-state index contributed by atoms with van der Waals surface area (Å²) in [4.78, 5) is 0. The van der Waals surface area contributed by atoms with Crippen LogP contribution in [0.3, 0.4) is 0 Å². The number of halogens is 1. The number of unbranched alkanes of at least 4 members (excludes halogenated alkanes) is 6. The maximum absolute atomic E-state index is 5.81. The Balaban J connectivity index is 2.99. The highest BCUT2D eigenvalue weighted by molar-refractivity contribution is 9.09. The molecule has 1 nitrogen and oxygen atoms in total. The van der Waals surface area contributed by atoms with E-state index >= 15 is 0 Å². The molecule has 0 bridgehead atoms. The summed E-state index contributed by atoms with van der Waals surface area (Å²) < 4.78 is 5.81. The van der Waals surface area contributed by atoms with Crippen LogP contribution in [0.1, 0.15) is 44.9 Å². The van der Waals surface area contributed by atoms with Gasteiger partial charge in [-0.2, -0.15) is 0 Å². The summed E-state index contributed by atoms with van der Waals surface area (Å²) in [7, 11) is -1.25. The Morgan fingerprint density at radius 1 is 0.800 bits per heavy atom. The molecular weight excluding hydrogens is 268 g/mol. The minimum atomic E-state index is -1.25. The van der Waals surface area contributed by atoms with Crippen LogP contribution in [0.2, 0.25) is 19.6 Å². The van der Waals surface area contributed by atoms with Crippen LogP contribution in [-0.2, 0) is 4.43 Å². The highest BCUT2D eigenvalue weighted by Crippen LogP contribution is 2.09. The van der Waals surface area contributed by atoms with E-state index in [1.807, 2.05) is 0 Å². The molecule has 0 saturated carbocycles. The largest absolute Gasteiger partial charge is 0.418 e. The average Bonchev–Trinajstić information content (AvgIpc) is 2.14. The quantitative estimate of drug-likeness (QED) is 0.314. The molecule has 0 amide bonds. The van der Waals surface area contributed by atoms with Crippen LogP contribution in [0.5, 0.6) is 0 Å². The molecule has 0 N–H and O–H groups in total. The van der Waals surface area contributed by atoms with E-state index in [0.29, 0.717) is 0 Å². The van der Waals surface area contributed by atoms with Gasteiger partial charge in [-0.1, -0.05) is 48.0 Å². The first kappa shape index (κ1) is 15.7. The molecule has 0 spiro atoms. The lowest BCUT2D eigenvalue weighted by molar-refractivity contribution is 0.298. The molecule has 0 aromatic heterocycles. The van der Waals surface area contributed by atoms with Crippen LogP contribution >= 0.6 is 15.9 Å². The molecular formula is C12H27BrOSi. The van der Waals surface area contributed by atoms with Crippen LogP contribution in [0.4, 0.5) is 0 Å². The topological polar surface area (TPSA) is 9.23 Å². The van der Waals surface area contributed by atoms with Gasteiger partial charge in [0.2, 0.25) is 0 Å². The predicted molar refractivity (Wildman–Crippen MR) is 75.4 cm³/mol. The second-order valence-corrected chi connectivity index (χ2v) is 10.4. The normalized spacial score (nSPS) is 12.0. The Hall–Kier alpha value is 0.657. The van der Waals surface area contributed by atoms with Crippen LogP contribution in [0.15, 0.2) is 0 Å². The van der Waals surface area contributed by atoms with E-state index in [1.165, 1.54) is 44.9 Å². The van der Waals surface area contributed by atoms with E-state index in [-0.39, 0.29) is 0 Å². The zero-order valence-corrected chi connectivity index (χ0v) is 13.2. The fourth-order valence-electron chi connectivity index (χ4n) is 1.46. The third kappa shape index (κ3) is 14.7. The highest BCUT2D eigenvalue weighted by Gasteiger charge is 2.12. The van der Waals surface area contributed by atoms with Gasteiger partial charge in [0, 0.05) is 11.9 Å². The molecule has 15 heavy (non-hydrogen) atoms. The summed E-state index contributed by atoms with van der Waals surface area (Å²) in [5.41, 5.74) is 0. The maximum atomic E-state index is 5.81. The Bertz CT molecular complexity index is 134. The summed E-state index contributed by atoms with van der Waals surface area (Å²) in [5.74, 6) is 0. The van der Waals surface area contributed by atoms with Crippen LogP contribution in [0, 0.1) is 0 Å². The standard InChI is InChI=1S/C12H27BrOSi/c1-15(2,3)14-12-10-8-6-4-5-7-9-11-13/h4-12H2,1-3H3. The van der Waals surface area contributed by atoms with Gasteiger partial charge in [-0.15, -0.1) is 0 Å². The van der Waals surface area contributed by atoms with Gasteiger partial charge < -0.3 is 4.43 Å². The van der Waals surface area contributed by atoms with Crippen molar-refractivity contribution in [1.82, 2.24) is 0 Å². The third-order valence-corrected chi connectivity index (χ3v) is 3.94. The van der Waals surface area contributed by atoms with Crippen molar-refractivity contribution in [1.29, 1.82) is 0 Å². The maximum Gasteiger partial charge on any atom is 0.183 e. The molecule has 0 saturated heterocycles. The molecule has 0 aliphatic rings. The lowest BCUT2D eigenvalue weighted by Gasteiger charge is -2.16. The molecule has 0 heterocycles. The molecule has 0 unspecified atom stereocenters. The molecule has 92 valence electrons. The van der Waals surface area contributed by atoms with Gasteiger partial charge in [0.05, 0.1) is 0 Å². The molecule has 0 atom stereocenters. The predicted octanol–water partition coefficient (Wildman–Crippen LogP) is 4.96. The zero-order valence-electron chi connectivity index (χ0n) is 10.7. The molecule has 0 aliphatic heterocycles. The van der Waals surface area contributed by atoms with E-state index in [1.54, 1.807) is 0 Å². The average molecular weight is 295 g/mol. The van der Waals surface area contributed by atoms with Crippen molar-refractivity contribution >= 4 is 24.2 Å². The van der Waals surface area contributed by atoms with Crippen LogP contribution in [0.25, 0.3) is 0 Å². The minimum Gasteiger partial charge on any atom is -0.418 e. The fourth-order valence-corrected chi connectivity index (χ4v) is 2.61. The van der Waals surface area contributed by atoms with Gasteiger partial charge >= 0.3 is 0 Å². The highest BCUT2D eigenvalue weighted by atomic mass is 79.9. The lowest BCUT2D eigenvalue weighted by atomic mass is 10.1. The second-order valence-electron chi connectivity index (χ2n) is 5.12. The number of hydrogen-bond donors (Lipinski definition) is 0. The van der Waals surface area contributed by atoms with Gasteiger partial charge in [-0.3, -0.25) is 0 Å². The molecule has 3 heteroatoms. The fraction of sp³-hybridized carbons (Fsp3) is 1.00. The Morgan fingerprint density at radius 2 is 1.27 bits per heavy atom. The lowest BCUT2D eigenvalue weighted by Crippen LogP contribution is -2.25. The van der Waals surface area contributed by atoms with E-state index in [4.69, 9.17) is 4.43 Å². The molecule has 0 fully saturated rings. The molecule has 0 aromatic carbocycles. The number of hydrogen-bond acceptors (Lipinski definition) is 1. The summed E-state index contributed by atoms with van der Waals surface area (Å²) in [6, 6.07) is 0. The smallest absolute Gasteiger partial charge is 0.183 e. The summed E-state index contributed by atoms with van der Waals surface area (Å²) >= 11 is 3.46. The molecule has 0 aromatic rings. The number of alkyl halides is 1. The summed E-state index contributed by atoms with van der Waals surface area (Å²) in [5, 5.41) is 1.16. The summed E-state index contributed by atoms with van der Waals surface area (Å²) in [6.07, 6.45) is 9.51. The first-order chi connectivity index (χ1) is 7.06. The van der Waals surface area contributed by atoms with Gasteiger partial charge in [-0.05, 0) is 32.5 Å². The Labute approximate surface area is 105 Å². The second kappa shape index (κ2) is 9.85. The molecule has 0 rings (SSSR count). The minimum absolute atomic E-state index is 0.983. The number of rotatable bonds is 10. The van der Waals surface area contributed by atoms with Crippen molar-refractivity contribution in [3.05, 3.63) is 0 Å². The van der Waals surface area contributed by atoms with Crippen molar-refractivity contribution in [3.63, 3.8) is 0 Å². The van der Waals surface area contributed by atoms with E-state index in [2.05, 4.69) is 35.6 Å². The molecule has 0 aliphatic carbocycles. The van der Waals surface area contributed by atoms with Crippen molar-refractivity contribution in [2.24, 2.45) is 0 Å². The van der Waals surface area contributed by atoms with Crippen molar-refractivity contribution in [2.75, 3.05) is 11.9 Å². The van der Waals surface area contributed by atoms with Gasteiger partial charge in [-0.25, -0.2) is 0 Å². The summed E-state index contributed by atoms with van der Waals surface area (Å²) in [6.45, 7) is 7.75. The van der Waals surface area contributed by atoms with E-state index in [9.17, 15) is 0 Å². The van der Waals surface area contributed by atoms with E-state index < -0.39 is 8.32 Å². The van der Waals surface area contributed by atoms with Crippen molar-refractivity contribution in [2.45, 2.75) is 64.6 Å². The van der Waals surface area contributed by atoms with Gasteiger partial charge in [0.15, 0.2) is 8.32 Å². The van der Waals surface area contributed by atoms with Gasteiger partial charge in [0.1, 0.15) is 0 Å². The van der Waals surface area contributed by atoms with Crippen LogP contribution in [-0.4, -0.2) is 20.3 Å². The zero-order chi connectivity index (χ0) is 11.6. The van der Waals surface area contributed by atoms with Crippen molar-refractivity contribution < 1.29 is 4.43 Å². The monoisotopic (exact) mass is 294 g/mol.